The lowest BCUT2D eigenvalue weighted by atomic mass is 10.1. The number of guanidine groups is 1. The average Bonchev–Trinajstić information content (AvgIpc) is 3.15. The second-order valence-electron chi connectivity index (χ2n) is 6.82. The van der Waals surface area contributed by atoms with Crippen molar-refractivity contribution in [3.8, 4) is 0 Å². The van der Waals surface area contributed by atoms with Gasteiger partial charge in [-0.05, 0) is 43.2 Å². The molecule has 0 aliphatic rings. The molecular formula is C21H27N7O. The van der Waals surface area contributed by atoms with Crippen LogP contribution in [-0.4, -0.2) is 58.5 Å². The average molecular weight is 393 g/mol. The lowest BCUT2D eigenvalue weighted by molar-refractivity contribution is 0.0827. The van der Waals surface area contributed by atoms with E-state index in [1.54, 1.807) is 19.0 Å². The van der Waals surface area contributed by atoms with Crippen LogP contribution >= 0.6 is 0 Å². The standard InChI is InChI=1S/C21H27N7O/c1-4-22-21(24-15-19-26-25-18-10-5-6-13-28(18)19)23-12-11-16-8-7-9-17(14-16)20(29)27(2)3/h5-10,13-14H,4,11-12,15H2,1-3H3,(H2,22,23,24). The van der Waals surface area contributed by atoms with Gasteiger partial charge < -0.3 is 15.5 Å². The molecular weight excluding hydrogens is 366 g/mol. The van der Waals surface area contributed by atoms with E-state index in [-0.39, 0.29) is 5.91 Å². The van der Waals surface area contributed by atoms with Crippen LogP contribution in [0.5, 0.6) is 0 Å². The molecule has 0 aliphatic heterocycles. The highest BCUT2D eigenvalue weighted by Crippen LogP contribution is 2.08. The number of fused-ring (bicyclic) bond motifs is 1. The van der Waals surface area contributed by atoms with E-state index in [9.17, 15) is 4.79 Å². The highest BCUT2D eigenvalue weighted by atomic mass is 16.2. The molecule has 0 atom stereocenters. The quantitative estimate of drug-likeness (QED) is 0.472. The fourth-order valence-corrected chi connectivity index (χ4v) is 2.93. The first-order chi connectivity index (χ1) is 14.1. The largest absolute Gasteiger partial charge is 0.357 e. The SMILES string of the molecule is CCNC(=NCc1nnc2ccccn12)NCCc1cccc(C(=O)N(C)C)c1. The number of amides is 1. The highest BCUT2D eigenvalue weighted by molar-refractivity contribution is 5.94. The molecule has 0 fully saturated rings. The Morgan fingerprint density at radius 2 is 2.00 bits per heavy atom. The Labute approximate surface area is 170 Å². The predicted molar refractivity (Wildman–Crippen MR) is 114 cm³/mol. The molecule has 2 heterocycles. The number of pyridine rings is 1. The third-order valence-corrected chi connectivity index (χ3v) is 4.39. The first-order valence-corrected chi connectivity index (χ1v) is 9.70. The Balaban J connectivity index is 1.60. The summed E-state index contributed by atoms with van der Waals surface area (Å²) in [4.78, 5) is 18.3. The van der Waals surface area contributed by atoms with Crippen LogP contribution in [-0.2, 0) is 13.0 Å². The van der Waals surface area contributed by atoms with Crippen LogP contribution in [0.15, 0.2) is 53.7 Å². The zero-order valence-corrected chi connectivity index (χ0v) is 17.1. The molecule has 0 saturated carbocycles. The van der Waals surface area contributed by atoms with Gasteiger partial charge in [0.05, 0.1) is 0 Å². The molecule has 0 saturated heterocycles. The third kappa shape index (κ3) is 5.31. The van der Waals surface area contributed by atoms with Crippen LogP contribution in [0.2, 0.25) is 0 Å². The van der Waals surface area contributed by atoms with E-state index in [4.69, 9.17) is 0 Å². The van der Waals surface area contributed by atoms with E-state index < -0.39 is 0 Å². The molecule has 152 valence electrons. The molecule has 3 rings (SSSR count). The van der Waals surface area contributed by atoms with Gasteiger partial charge in [0.15, 0.2) is 17.4 Å². The van der Waals surface area contributed by atoms with Crippen LogP contribution in [0.3, 0.4) is 0 Å². The Kier molecular flexibility index (Phi) is 6.78. The summed E-state index contributed by atoms with van der Waals surface area (Å²) >= 11 is 0. The predicted octanol–water partition coefficient (Wildman–Crippen LogP) is 1.73. The number of rotatable bonds is 7. The van der Waals surface area contributed by atoms with Gasteiger partial charge in [0.25, 0.3) is 5.91 Å². The van der Waals surface area contributed by atoms with Gasteiger partial charge in [-0.2, -0.15) is 0 Å². The molecule has 0 radical (unpaired) electrons. The molecule has 1 amide bonds. The van der Waals surface area contributed by atoms with E-state index in [0.29, 0.717) is 18.7 Å². The summed E-state index contributed by atoms with van der Waals surface area (Å²) in [7, 11) is 3.52. The molecule has 8 nitrogen and oxygen atoms in total. The summed E-state index contributed by atoms with van der Waals surface area (Å²) in [6.07, 6.45) is 2.72. The fourth-order valence-electron chi connectivity index (χ4n) is 2.93. The van der Waals surface area contributed by atoms with E-state index >= 15 is 0 Å². The van der Waals surface area contributed by atoms with Gasteiger partial charge in [0.1, 0.15) is 6.54 Å². The van der Waals surface area contributed by atoms with Crippen molar-refractivity contribution in [3.05, 3.63) is 65.6 Å². The van der Waals surface area contributed by atoms with Crippen molar-refractivity contribution in [1.29, 1.82) is 0 Å². The number of carbonyl (C=O) groups is 1. The molecule has 2 aromatic heterocycles. The number of nitrogens with one attached hydrogen (secondary N) is 2. The molecule has 1 aromatic carbocycles. The molecule has 2 N–H and O–H groups in total. The zero-order chi connectivity index (χ0) is 20.6. The minimum absolute atomic E-state index is 0.00949. The topological polar surface area (TPSA) is 86.9 Å². The zero-order valence-electron chi connectivity index (χ0n) is 17.1. The van der Waals surface area contributed by atoms with Crippen molar-refractivity contribution in [3.63, 3.8) is 0 Å². The minimum Gasteiger partial charge on any atom is -0.357 e. The van der Waals surface area contributed by atoms with E-state index in [0.717, 1.165) is 36.0 Å². The maximum atomic E-state index is 12.1. The lowest BCUT2D eigenvalue weighted by Crippen LogP contribution is -2.38. The van der Waals surface area contributed by atoms with Crippen LogP contribution in [0.1, 0.15) is 28.7 Å². The second-order valence-corrected chi connectivity index (χ2v) is 6.82. The highest BCUT2D eigenvalue weighted by Gasteiger charge is 2.08. The molecule has 3 aromatic rings. The van der Waals surface area contributed by atoms with Crippen LogP contribution in [0.4, 0.5) is 0 Å². The number of hydrogen-bond acceptors (Lipinski definition) is 4. The summed E-state index contributed by atoms with van der Waals surface area (Å²) in [6, 6.07) is 13.5. The monoisotopic (exact) mass is 393 g/mol. The van der Waals surface area contributed by atoms with E-state index in [1.165, 1.54) is 0 Å². The molecule has 0 aliphatic carbocycles. The second kappa shape index (κ2) is 9.68. The van der Waals surface area contributed by atoms with E-state index in [1.807, 2.05) is 60.0 Å². The molecule has 0 unspecified atom stereocenters. The number of aliphatic imine (C=N–C) groups is 1. The van der Waals surface area contributed by atoms with Gasteiger partial charge in [-0.15, -0.1) is 10.2 Å². The van der Waals surface area contributed by atoms with Crippen LogP contribution in [0, 0.1) is 0 Å². The number of hydrogen-bond donors (Lipinski definition) is 2. The Morgan fingerprint density at radius 3 is 2.79 bits per heavy atom. The summed E-state index contributed by atoms with van der Waals surface area (Å²) < 4.78 is 1.93. The van der Waals surface area contributed by atoms with Gasteiger partial charge in [-0.25, -0.2) is 4.99 Å². The van der Waals surface area contributed by atoms with Crippen molar-refractivity contribution in [2.75, 3.05) is 27.2 Å². The van der Waals surface area contributed by atoms with Crippen LogP contribution in [0.25, 0.3) is 5.65 Å². The third-order valence-electron chi connectivity index (χ3n) is 4.39. The Hall–Kier alpha value is -3.42. The summed E-state index contributed by atoms with van der Waals surface area (Å²) in [5, 5.41) is 14.9. The first-order valence-electron chi connectivity index (χ1n) is 9.70. The molecule has 0 bridgehead atoms. The van der Waals surface area contributed by atoms with Crippen molar-refractivity contribution in [1.82, 2.24) is 30.1 Å². The number of carbonyl (C=O) groups excluding carboxylic acids is 1. The summed E-state index contributed by atoms with van der Waals surface area (Å²) in [5.74, 6) is 1.52. The summed E-state index contributed by atoms with van der Waals surface area (Å²) in [5.41, 5.74) is 2.61. The summed E-state index contributed by atoms with van der Waals surface area (Å²) in [6.45, 7) is 3.92. The number of aromatic nitrogens is 3. The van der Waals surface area contributed by atoms with E-state index in [2.05, 4.69) is 25.8 Å². The van der Waals surface area contributed by atoms with Gasteiger partial charge in [-0.1, -0.05) is 18.2 Å². The molecule has 0 spiro atoms. The first kappa shape index (κ1) is 20.3. The van der Waals surface area contributed by atoms with Gasteiger partial charge in [-0.3, -0.25) is 9.20 Å². The van der Waals surface area contributed by atoms with Gasteiger partial charge in [0, 0.05) is 38.9 Å². The molecule has 29 heavy (non-hydrogen) atoms. The van der Waals surface area contributed by atoms with Crippen LogP contribution < -0.4 is 10.6 Å². The number of nitrogens with zero attached hydrogens (tertiary/aromatic N) is 5. The van der Waals surface area contributed by atoms with Crippen molar-refractivity contribution < 1.29 is 4.79 Å². The fraction of sp³-hybridized carbons (Fsp3) is 0.333. The van der Waals surface area contributed by atoms with Gasteiger partial charge in [0.2, 0.25) is 0 Å². The lowest BCUT2D eigenvalue weighted by Gasteiger charge is -2.13. The smallest absolute Gasteiger partial charge is 0.253 e. The molecule has 8 heteroatoms. The normalized spacial score (nSPS) is 11.5. The van der Waals surface area contributed by atoms with Crippen molar-refractivity contribution in [2.45, 2.75) is 19.9 Å². The van der Waals surface area contributed by atoms with Crippen molar-refractivity contribution in [2.24, 2.45) is 4.99 Å². The number of benzene rings is 1. The Bertz CT molecular complexity index is 993. The van der Waals surface area contributed by atoms with Crippen molar-refractivity contribution >= 4 is 17.5 Å². The maximum Gasteiger partial charge on any atom is 0.253 e. The maximum absolute atomic E-state index is 12.1. The minimum atomic E-state index is 0.00949. The van der Waals surface area contributed by atoms with Gasteiger partial charge >= 0.3 is 0 Å². The Morgan fingerprint density at radius 1 is 1.14 bits per heavy atom.